The summed E-state index contributed by atoms with van der Waals surface area (Å²) in [5.41, 5.74) is -2.93. The molecule has 2 atom stereocenters. The molecule has 7 heterocycles. The van der Waals surface area contributed by atoms with Gasteiger partial charge in [-0.2, -0.15) is 21.6 Å². The van der Waals surface area contributed by atoms with Gasteiger partial charge in [0.15, 0.2) is 21.7 Å². The quantitative estimate of drug-likeness (QED) is 0.0873. The topological polar surface area (TPSA) is 182 Å². The second-order valence-corrected chi connectivity index (χ2v) is 25.3. The van der Waals surface area contributed by atoms with E-state index in [1.165, 1.54) is 0 Å². The van der Waals surface area contributed by atoms with Crippen molar-refractivity contribution < 1.29 is 54.1 Å². The van der Waals surface area contributed by atoms with Crippen molar-refractivity contribution in [3.8, 4) is 21.7 Å². The second-order valence-electron chi connectivity index (χ2n) is 21.7. The molecule has 3 aliphatic heterocycles. The number of allylic oxidation sites excluding steroid dienone is 2. The summed E-state index contributed by atoms with van der Waals surface area (Å²) in [6.45, 7) is 23.2. The lowest BCUT2D eigenvalue weighted by Gasteiger charge is -2.33. The lowest BCUT2D eigenvalue weighted by atomic mass is 9.79. The van der Waals surface area contributed by atoms with Crippen LogP contribution in [-0.2, 0) is 47.2 Å². The third-order valence-corrected chi connectivity index (χ3v) is 15.3. The summed E-state index contributed by atoms with van der Waals surface area (Å²) in [5, 5.41) is 1.81. The molecule has 404 valence electrons. The Balaban J connectivity index is 0.000000166. The molecule has 0 spiro atoms. The maximum atomic E-state index is 12.8. The number of halogens is 3. The van der Waals surface area contributed by atoms with Crippen molar-refractivity contribution in [1.29, 1.82) is 0 Å². The average molecular weight is 1100 g/mol. The van der Waals surface area contributed by atoms with Crippen molar-refractivity contribution in [2.45, 2.75) is 124 Å². The van der Waals surface area contributed by atoms with Crippen LogP contribution in [0.25, 0.3) is 47.8 Å². The first-order chi connectivity index (χ1) is 34.7. The molecule has 24 heteroatoms. The summed E-state index contributed by atoms with van der Waals surface area (Å²) >= 11 is 3.26. The molecule has 6 aromatic rings. The van der Waals surface area contributed by atoms with Crippen LogP contribution in [0.2, 0.25) is 0 Å². The van der Waals surface area contributed by atoms with E-state index in [0.29, 0.717) is 12.5 Å². The van der Waals surface area contributed by atoms with Crippen LogP contribution in [0.15, 0.2) is 79.2 Å². The Labute approximate surface area is 444 Å². The van der Waals surface area contributed by atoms with Crippen LogP contribution in [0.3, 0.4) is 0 Å². The molecule has 17 nitrogen and oxygen atoms in total. The van der Waals surface area contributed by atoms with Gasteiger partial charge in [0, 0.05) is 57.5 Å². The van der Waals surface area contributed by atoms with E-state index in [4.69, 9.17) is 28.8 Å². The Morgan fingerprint density at radius 3 is 1.67 bits per heavy atom. The van der Waals surface area contributed by atoms with Gasteiger partial charge in [0.2, 0.25) is 5.88 Å². The molecule has 2 amide bonds. The zero-order valence-corrected chi connectivity index (χ0v) is 47.0. The molecular formula is C51H64BF3N8O9S3. The Bertz CT molecular complexity index is 3220. The molecule has 0 saturated carbocycles. The van der Waals surface area contributed by atoms with Crippen molar-refractivity contribution >= 4 is 83.7 Å². The Kier molecular flexibility index (Phi) is 16.2. The largest absolute Gasteiger partial charge is 0.534 e. The van der Waals surface area contributed by atoms with E-state index in [1.807, 2.05) is 56.4 Å². The first-order valence-electron chi connectivity index (χ1n) is 24.3. The number of amides is 2. The first kappa shape index (κ1) is 56.9. The van der Waals surface area contributed by atoms with Gasteiger partial charge in [-0.1, -0.05) is 32.1 Å². The molecule has 4 aromatic heterocycles. The van der Waals surface area contributed by atoms with E-state index in [0.717, 1.165) is 76.2 Å². The summed E-state index contributed by atoms with van der Waals surface area (Å²) in [5.74, 6) is 1.37. The summed E-state index contributed by atoms with van der Waals surface area (Å²) in [6, 6.07) is 12.4. The normalized spacial score (nSPS) is 18.9. The molecule has 1 saturated heterocycles. The van der Waals surface area contributed by atoms with Gasteiger partial charge in [-0.15, -0.1) is 22.7 Å². The number of imidazole rings is 2. The maximum Gasteiger partial charge on any atom is 0.534 e. The predicted octanol–water partition coefficient (Wildman–Crippen LogP) is 11.3. The third kappa shape index (κ3) is 13.4. The van der Waals surface area contributed by atoms with Crippen LogP contribution in [0, 0.1) is 11.8 Å². The molecule has 1 fully saturated rings. The van der Waals surface area contributed by atoms with E-state index < -0.39 is 38.8 Å². The van der Waals surface area contributed by atoms with Gasteiger partial charge >= 0.3 is 34.9 Å². The lowest BCUT2D eigenvalue weighted by molar-refractivity contribution is -0.0546. The molecule has 0 N–H and O–H groups in total. The number of carbonyl (C=O) groups excluding carboxylic acids is 2. The van der Waals surface area contributed by atoms with Crippen LogP contribution < -0.4 is 5.46 Å². The minimum absolute atomic E-state index is 0.00583. The number of ether oxygens (including phenoxy) is 2. The van der Waals surface area contributed by atoms with E-state index in [-0.39, 0.29) is 43.3 Å². The molecule has 0 aliphatic carbocycles. The number of carbonyl (C=O) groups is 2. The van der Waals surface area contributed by atoms with Crippen molar-refractivity contribution in [2.24, 2.45) is 25.9 Å². The molecule has 2 aromatic carbocycles. The van der Waals surface area contributed by atoms with Crippen molar-refractivity contribution in [2.75, 3.05) is 13.1 Å². The number of alkyl halides is 3. The monoisotopic (exact) mass is 1100 g/mol. The van der Waals surface area contributed by atoms with E-state index >= 15 is 0 Å². The highest BCUT2D eigenvalue weighted by Gasteiger charge is 2.52. The Morgan fingerprint density at radius 2 is 1.19 bits per heavy atom. The van der Waals surface area contributed by atoms with E-state index in [2.05, 4.69) is 91.2 Å². The summed E-state index contributed by atoms with van der Waals surface area (Å²) in [6.07, 6.45) is 10.6. The number of aromatic nitrogens is 6. The molecule has 0 bridgehead atoms. The maximum absolute atomic E-state index is 12.8. The highest BCUT2D eigenvalue weighted by atomic mass is 32.2. The Morgan fingerprint density at radius 1 is 0.720 bits per heavy atom. The standard InChI is InChI=1S/C22H26N4O2S.C17H20BN3O2S.C12H18F3NO5S/c1-14-6-8-17(26(13-14)21(27)28-22(2,3)4)15-7-9-18-16(12-15)24-20(29-18)19-23-10-11-25(19)5;1-16(2)17(3,4)23-18(22-16)11-6-7-13-12(10-11)20-15(24-13)14-19-8-9-21(14)5;1-8-5-6-9(21-22(18,19)12(13,14)15)16(7-8)10(17)20-11(2,3)4/h7-12,14H,6,13H2,1-5H3;6-10H,1-5H3;6,8H,5,7H2,1-4H3/t14-;;8-/m0.0/s1. The molecule has 75 heavy (non-hydrogen) atoms. The number of nitrogens with zero attached hydrogens (tertiary/aromatic N) is 8. The smallest absolute Gasteiger partial charge is 0.443 e. The molecular weight excluding hydrogens is 1030 g/mol. The minimum Gasteiger partial charge on any atom is -0.443 e. The zero-order chi connectivity index (χ0) is 55.2. The number of benzene rings is 2. The summed E-state index contributed by atoms with van der Waals surface area (Å²) in [4.78, 5) is 45.7. The molecule has 3 aliphatic rings. The number of hydrogen-bond donors (Lipinski definition) is 0. The molecule has 0 unspecified atom stereocenters. The van der Waals surface area contributed by atoms with Crippen LogP contribution in [0.5, 0.6) is 0 Å². The molecule has 0 radical (unpaired) electrons. The Hall–Kier alpha value is -5.82. The van der Waals surface area contributed by atoms with Gasteiger partial charge in [-0.05, 0) is 130 Å². The fraction of sp³-hybridized carbons (Fsp3) is 0.490. The van der Waals surface area contributed by atoms with Crippen LogP contribution in [-0.4, -0.2) is 108 Å². The number of aryl methyl sites for hydroxylation is 2. The van der Waals surface area contributed by atoms with Gasteiger partial charge in [0.1, 0.15) is 11.2 Å². The number of hydrogen-bond acceptors (Lipinski definition) is 15. The van der Waals surface area contributed by atoms with Crippen molar-refractivity contribution in [3.63, 3.8) is 0 Å². The highest BCUT2D eigenvalue weighted by molar-refractivity contribution is 7.87. The number of fused-ring (bicyclic) bond motifs is 2. The summed E-state index contributed by atoms with van der Waals surface area (Å²) in [7, 11) is -2.26. The predicted molar refractivity (Wildman–Crippen MR) is 285 cm³/mol. The number of thiazole rings is 2. The minimum atomic E-state index is -5.84. The second kappa shape index (κ2) is 21.3. The van der Waals surface area contributed by atoms with Gasteiger partial charge in [-0.25, -0.2) is 34.4 Å². The number of rotatable bonds is 6. The lowest BCUT2D eigenvalue weighted by Crippen LogP contribution is -2.42. The average Bonchev–Trinajstić information content (AvgIpc) is 4.13. The third-order valence-electron chi connectivity index (χ3n) is 12.3. The fourth-order valence-corrected chi connectivity index (χ4v) is 10.2. The fourth-order valence-electron chi connectivity index (χ4n) is 7.77. The zero-order valence-electron chi connectivity index (χ0n) is 44.6. The van der Waals surface area contributed by atoms with Crippen molar-refractivity contribution in [1.82, 2.24) is 38.9 Å². The van der Waals surface area contributed by atoms with Gasteiger partial charge in [-0.3, -0.25) is 4.90 Å². The van der Waals surface area contributed by atoms with E-state index in [9.17, 15) is 31.2 Å². The first-order valence-corrected chi connectivity index (χ1v) is 27.3. The highest BCUT2D eigenvalue weighted by Crippen LogP contribution is 2.38. The molecule has 9 rings (SSSR count). The van der Waals surface area contributed by atoms with Crippen LogP contribution in [0.1, 0.15) is 101 Å². The van der Waals surface area contributed by atoms with E-state index in [1.54, 1.807) is 67.7 Å². The SMILES string of the molecule is C[C@H]1CC=C(OS(=O)(=O)C(F)(F)F)N(C(=O)OC(C)(C)C)C1.C[C@H]1CC=C(c2ccc3sc(-c4nccn4C)nc3c2)N(C(=O)OC(C)(C)C)C1.Cn1ccnc1-c1nc2cc(B3OC(C)(C)C(C)(C)O3)ccc2s1. The van der Waals surface area contributed by atoms with Gasteiger partial charge in [0.05, 0.1) is 37.3 Å². The summed E-state index contributed by atoms with van der Waals surface area (Å²) < 4.78 is 92.6. The van der Waals surface area contributed by atoms with Crippen molar-refractivity contribution in [3.05, 3.63) is 84.8 Å². The van der Waals surface area contributed by atoms with Gasteiger partial charge in [0.25, 0.3) is 0 Å². The van der Waals surface area contributed by atoms with Gasteiger partial charge < -0.3 is 32.1 Å². The van der Waals surface area contributed by atoms with Crippen LogP contribution >= 0.6 is 22.7 Å². The van der Waals surface area contributed by atoms with Crippen LogP contribution in [0.4, 0.5) is 22.8 Å².